The minimum absolute atomic E-state index is 0.0405. The summed E-state index contributed by atoms with van der Waals surface area (Å²) in [6.45, 7) is 0. The van der Waals surface area contributed by atoms with E-state index < -0.39 is 0 Å². The van der Waals surface area contributed by atoms with Crippen molar-refractivity contribution in [2.75, 3.05) is 7.11 Å². The van der Waals surface area contributed by atoms with Gasteiger partial charge in [0.05, 0.1) is 36.4 Å². The smallest absolute Gasteiger partial charge is 0.247 e. The molecule has 3 aliphatic rings. The Hall–Kier alpha value is -3.39. The van der Waals surface area contributed by atoms with Gasteiger partial charge in [-0.25, -0.2) is 5.01 Å². The number of benzene rings is 2. The van der Waals surface area contributed by atoms with Crippen LogP contribution in [0.3, 0.4) is 0 Å². The Balaban J connectivity index is 1.58. The van der Waals surface area contributed by atoms with Gasteiger partial charge in [0, 0.05) is 11.5 Å². The highest BCUT2D eigenvalue weighted by Crippen LogP contribution is 2.39. The molecule has 2 atom stereocenters. The van der Waals surface area contributed by atoms with Crippen molar-refractivity contribution in [1.82, 2.24) is 5.01 Å². The summed E-state index contributed by atoms with van der Waals surface area (Å²) in [5.74, 6) is 1.04. The number of hydrazone groups is 1. The van der Waals surface area contributed by atoms with Crippen LogP contribution < -0.4 is 4.74 Å². The molecule has 5 nitrogen and oxygen atoms in total. The summed E-state index contributed by atoms with van der Waals surface area (Å²) in [7, 11) is 1.68. The Morgan fingerprint density at radius 3 is 2.29 bits per heavy atom. The maximum atomic E-state index is 13.5. The van der Waals surface area contributed by atoms with Gasteiger partial charge in [0.1, 0.15) is 5.75 Å². The molecule has 5 rings (SSSR count). The third-order valence-electron chi connectivity index (χ3n) is 7.53. The van der Waals surface area contributed by atoms with Crippen LogP contribution in [0.2, 0.25) is 0 Å². The summed E-state index contributed by atoms with van der Waals surface area (Å²) in [5, 5.41) is 16.1. The van der Waals surface area contributed by atoms with Crippen LogP contribution in [0.25, 0.3) is 11.1 Å². The second kappa shape index (κ2) is 9.85. The average molecular weight is 454 g/mol. The molecule has 0 N–H and O–H groups in total. The van der Waals surface area contributed by atoms with E-state index in [9.17, 15) is 4.79 Å². The van der Waals surface area contributed by atoms with Crippen LogP contribution in [-0.2, 0) is 4.79 Å². The van der Waals surface area contributed by atoms with E-state index in [0.717, 1.165) is 53.8 Å². The molecule has 0 radical (unpaired) electrons. The van der Waals surface area contributed by atoms with E-state index in [4.69, 9.17) is 15.1 Å². The molecule has 1 fully saturated rings. The summed E-state index contributed by atoms with van der Waals surface area (Å²) in [4.78, 5) is 13.5. The van der Waals surface area contributed by atoms with Crippen molar-refractivity contribution >= 4 is 11.6 Å². The normalized spacial score (nSPS) is 23.0. The molecular weight excluding hydrogens is 422 g/mol. The van der Waals surface area contributed by atoms with Crippen LogP contribution >= 0.6 is 0 Å². The first-order valence-electron chi connectivity index (χ1n) is 12.4. The van der Waals surface area contributed by atoms with Crippen LogP contribution in [0.15, 0.2) is 59.7 Å². The van der Waals surface area contributed by atoms with Crippen molar-refractivity contribution in [3.8, 4) is 22.9 Å². The van der Waals surface area contributed by atoms with Crippen LogP contribution in [-0.4, -0.2) is 29.8 Å². The van der Waals surface area contributed by atoms with Gasteiger partial charge in [0.15, 0.2) is 0 Å². The Morgan fingerprint density at radius 2 is 1.62 bits per heavy atom. The minimum atomic E-state index is -0.0405. The number of nitriles is 1. The molecule has 2 aromatic carbocycles. The summed E-state index contributed by atoms with van der Waals surface area (Å²) < 4.78 is 5.67. The zero-order valence-corrected chi connectivity index (χ0v) is 19.7. The second-order valence-electron chi connectivity index (χ2n) is 9.57. The Labute approximate surface area is 201 Å². The quantitative estimate of drug-likeness (QED) is 0.416. The molecule has 34 heavy (non-hydrogen) atoms. The van der Waals surface area contributed by atoms with E-state index >= 15 is 0 Å². The van der Waals surface area contributed by atoms with E-state index in [1.165, 1.54) is 25.7 Å². The van der Waals surface area contributed by atoms with Gasteiger partial charge in [-0.2, -0.15) is 10.4 Å². The topological polar surface area (TPSA) is 65.7 Å². The lowest BCUT2D eigenvalue weighted by Crippen LogP contribution is -2.49. The standard InChI is InChI=1S/C29H31N3O2/c1-34-27-17-16-22(18-26(27)21-14-12-20(19-30)13-15-21)28-24-10-6-7-11-25(24)29(33)32(31-28)23-8-4-2-3-5-9-23/h6-7,12-18,23-25H,2-5,8-11H2,1H3/t24-,25+/m0/s1. The van der Waals surface area contributed by atoms with E-state index in [1.807, 2.05) is 35.3 Å². The van der Waals surface area contributed by atoms with Crippen molar-refractivity contribution in [1.29, 1.82) is 5.26 Å². The van der Waals surface area contributed by atoms with Crippen molar-refractivity contribution in [2.45, 2.75) is 57.4 Å². The number of amides is 1. The van der Waals surface area contributed by atoms with Gasteiger partial charge >= 0.3 is 0 Å². The van der Waals surface area contributed by atoms with Crippen LogP contribution in [0.1, 0.15) is 62.5 Å². The maximum Gasteiger partial charge on any atom is 0.247 e. The number of carbonyl (C=O) groups is 1. The molecule has 1 amide bonds. The number of allylic oxidation sites excluding steroid dienone is 2. The molecule has 0 unspecified atom stereocenters. The van der Waals surface area contributed by atoms with Gasteiger partial charge < -0.3 is 4.74 Å². The summed E-state index contributed by atoms with van der Waals surface area (Å²) in [6, 6.07) is 16.1. The van der Waals surface area contributed by atoms with Gasteiger partial charge in [-0.1, -0.05) is 50.0 Å². The van der Waals surface area contributed by atoms with Crippen molar-refractivity contribution in [3.63, 3.8) is 0 Å². The van der Waals surface area contributed by atoms with Gasteiger partial charge in [0.25, 0.3) is 0 Å². The number of rotatable bonds is 4. The number of hydrogen-bond acceptors (Lipinski definition) is 4. The number of fused-ring (bicyclic) bond motifs is 1. The monoisotopic (exact) mass is 453 g/mol. The maximum absolute atomic E-state index is 13.5. The van der Waals surface area contributed by atoms with Gasteiger partial charge in [-0.3, -0.25) is 4.79 Å². The summed E-state index contributed by atoms with van der Waals surface area (Å²) in [6.07, 6.45) is 12.9. The second-order valence-corrected chi connectivity index (χ2v) is 9.57. The van der Waals surface area contributed by atoms with Crippen LogP contribution in [0.4, 0.5) is 0 Å². The number of carbonyl (C=O) groups excluding carboxylic acids is 1. The molecule has 0 saturated heterocycles. The Bertz CT molecular complexity index is 1150. The summed E-state index contributed by atoms with van der Waals surface area (Å²) >= 11 is 0. The molecule has 1 aliphatic heterocycles. The molecule has 1 saturated carbocycles. The van der Waals surface area contributed by atoms with Crippen molar-refractivity contribution < 1.29 is 9.53 Å². The van der Waals surface area contributed by atoms with Gasteiger partial charge in [-0.15, -0.1) is 0 Å². The Kier molecular flexibility index (Phi) is 6.49. The molecule has 1 heterocycles. The van der Waals surface area contributed by atoms with Gasteiger partial charge in [-0.05, 0) is 67.1 Å². The van der Waals surface area contributed by atoms with Gasteiger partial charge in [0.2, 0.25) is 5.91 Å². The fourth-order valence-electron chi connectivity index (χ4n) is 5.65. The largest absolute Gasteiger partial charge is 0.496 e. The molecule has 0 bridgehead atoms. The fraction of sp³-hybridized carbons (Fsp3) is 0.414. The SMILES string of the molecule is COc1ccc(C2=NN(C3CCCCCC3)C(=O)[C@@H]3CC=CC[C@H]23)cc1-c1ccc(C#N)cc1. The lowest BCUT2D eigenvalue weighted by Gasteiger charge is -2.40. The zero-order chi connectivity index (χ0) is 23.5. The highest BCUT2D eigenvalue weighted by Gasteiger charge is 2.42. The lowest BCUT2D eigenvalue weighted by atomic mass is 9.76. The van der Waals surface area contributed by atoms with Crippen LogP contribution in [0, 0.1) is 23.2 Å². The average Bonchev–Trinajstić information content (AvgIpc) is 3.18. The van der Waals surface area contributed by atoms with Crippen molar-refractivity contribution in [3.05, 3.63) is 65.7 Å². The lowest BCUT2D eigenvalue weighted by molar-refractivity contribution is -0.140. The van der Waals surface area contributed by atoms with Crippen LogP contribution in [0.5, 0.6) is 5.75 Å². The van der Waals surface area contributed by atoms with E-state index in [2.05, 4.69) is 30.4 Å². The molecule has 2 aromatic rings. The number of ether oxygens (including phenoxy) is 1. The molecule has 0 spiro atoms. The fourth-order valence-corrected chi connectivity index (χ4v) is 5.65. The highest BCUT2D eigenvalue weighted by atomic mass is 16.5. The molecule has 2 aliphatic carbocycles. The summed E-state index contributed by atoms with van der Waals surface area (Å²) in [5.41, 5.74) is 4.64. The predicted octanol–water partition coefficient (Wildman–Crippen LogP) is 6.09. The first kappa shape index (κ1) is 22.4. The first-order valence-corrected chi connectivity index (χ1v) is 12.4. The highest BCUT2D eigenvalue weighted by molar-refractivity contribution is 6.07. The first-order chi connectivity index (χ1) is 16.7. The Morgan fingerprint density at radius 1 is 0.941 bits per heavy atom. The molecule has 5 heteroatoms. The minimum Gasteiger partial charge on any atom is -0.496 e. The molecule has 0 aromatic heterocycles. The molecule has 174 valence electrons. The third-order valence-corrected chi connectivity index (χ3v) is 7.53. The van der Waals surface area contributed by atoms with Crippen molar-refractivity contribution in [2.24, 2.45) is 16.9 Å². The number of hydrogen-bond donors (Lipinski definition) is 0. The third kappa shape index (κ3) is 4.25. The zero-order valence-electron chi connectivity index (χ0n) is 19.7. The predicted molar refractivity (Wildman–Crippen MR) is 133 cm³/mol. The van der Waals surface area contributed by atoms with E-state index in [1.54, 1.807) is 7.11 Å². The number of methoxy groups -OCH3 is 1. The number of nitrogens with zero attached hydrogens (tertiary/aromatic N) is 3. The van der Waals surface area contributed by atoms with E-state index in [0.29, 0.717) is 5.56 Å². The molecular formula is C29H31N3O2. The van der Waals surface area contributed by atoms with E-state index in [-0.39, 0.29) is 23.8 Å².